The largest absolute Gasteiger partial charge is 0.393 e. The van der Waals surface area contributed by atoms with E-state index in [2.05, 4.69) is 0 Å². The van der Waals surface area contributed by atoms with Crippen molar-refractivity contribution in [3.63, 3.8) is 0 Å². The Bertz CT molecular complexity index is 238. The predicted octanol–water partition coefficient (Wildman–Crippen LogP) is 0.907. The minimum Gasteiger partial charge on any atom is -0.393 e. The highest BCUT2D eigenvalue weighted by Crippen LogP contribution is 2.52. The van der Waals surface area contributed by atoms with Crippen LogP contribution in [0.2, 0.25) is 0 Å². The summed E-state index contributed by atoms with van der Waals surface area (Å²) in [5.74, 6) is 0.430. The van der Waals surface area contributed by atoms with Gasteiger partial charge in [-0.1, -0.05) is 0 Å². The summed E-state index contributed by atoms with van der Waals surface area (Å²) in [5.41, 5.74) is 0. The van der Waals surface area contributed by atoms with Gasteiger partial charge >= 0.3 is 0 Å². The van der Waals surface area contributed by atoms with Gasteiger partial charge in [-0.05, 0) is 32.6 Å². The number of aliphatic hydroxyl groups excluding tert-OH is 1. The zero-order valence-electron chi connectivity index (χ0n) is 8.06. The predicted molar refractivity (Wildman–Crippen MR) is 46.0 cm³/mol. The molecule has 0 unspecified atom stereocenters. The average molecular weight is 184 g/mol. The summed E-state index contributed by atoms with van der Waals surface area (Å²) in [6.07, 6.45) is 2.26. The molecule has 1 heterocycles. The number of fused-ring (bicyclic) bond motifs is 5. The Morgan fingerprint density at radius 2 is 1.85 bits per heavy atom. The van der Waals surface area contributed by atoms with E-state index in [1.807, 2.05) is 13.8 Å². The Morgan fingerprint density at radius 1 is 1.15 bits per heavy atom. The van der Waals surface area contributed by atoms with Gasteiger partial charge in [0.05, 0.1) is 18.3 Å². The van der Waals surface area contributed by atoms with Crippen LogP contribution >= 0.6 is 0 Å². The van der Waals surface area contributed by atoms with Crippen molar-refractivity contribution in [2.24, 2.45) is 11.8 Å². The molecule has 3 heteroatoms. The first-order valence-electron chi connectivity index (χ1n) is 5.10. The summed E-state index contributed by atoms with van der Waals surface area (Å²) in [5, 5.41) is 9.70. The van der Waals surface area contributed by atoms with E-state index in [-0.39, 0.29) is 18.3 Å². The molecular weight excluding hydrogens is 168 g/mol. The van der Waals surface area contributed by atoms with Crippen LogP contribution in [-0.4, -0.2) is 29.2 Å². The van der Waals surface area contributed by atoms with Gasteiger partial charge in [-0.25, -0.2) is 0 Å². The first-order chi connectivity index (χ1) is 6.07. The molecule has 1 aliphatic heterocycles. The van der Waals surface area contributed by atoms with Gasteiger partial charge in [-0.15, -0.1) is 0 Å². The van der Waals surface area contributed by atoms with Crippen molar-refractivity contribution in [1.82, 2.24) is 0 Å². The lowest BCUT2D eigenvalue weighted by Gasteiger charge is -2.25. The third-order valence-electron chi connectivity index (χ3n) is 3.66. The summed E-state index contributed by atoms with van der Waals surface area (Å²) in [7, 11) is 0. The third kappa shape index (κ3) is 1.01. The summed E-state index contributed by atoms with van der Waals surface area (Å²) in [4.78, 5) is 0. The lowest BCUT2D eigenvalue weighted by molar-refractivity contribution is -0.158. The molecule has 3 rings (SSSR count). The SMILES string of the molecule is CC1(C)O[C@@H]2[C@H]3C[C@H](C[C@H]3O)[C@@H]2O1. The van der Waals surface area contributed by atoms with Gasteiger partial charge in [0.1, 0.15) is 0 Å². The lowest BCUT2D eigenvalue weighted by atomic mass is 9.93. The van der Waals surface area contributed by atoms with Crippen molar-refractivity contribution in [2.45, 2.75) is 50.8 Å². The van der Waals surface area contributed by atoms with Crippen LogP contribution in [0.25, 0.3) is 0 Å². The quantitative estimate of drug-likeness (QED) is 0.608. The fourth-order valence-corrected chi connectivity index (χ4v) is 3.22. The highest BCUT2D eigenvalue weighted by atomic mass is 16.8. The van der Waals surface area contributed by atoms with Crippen molar-refractivity contribution >= 4 is 0 Å². The van der Waals surface area contributed by atoms with E-state index in [0.717, 1.165) is 12.8 Å². The molecule has 2 aliphatic carbocycles. The average Bonchev–Trinajstić information content (AvgIpc) is 2.56. The molecule has 0 aromatic rings. The summed E-state index contributed by atoms with van der Waals surface area (Å²) in [6, 6.07) is 0. The zero-order valence-corrected chi connectivity index (χ0v) is 8.06. The van der Waals surface area contributed by atoms with Gasteiger partial charge in [0.2, 0.25) is 0 Å². The second-order valence-electron chi connectivity index (χ2n) is 5.03. The van der Waals surface area contributed by atoms with Gasteiger partial charge in [-0.2, -0.15) is 0 Å². The summed E-state index contributed by atoms with van der Waals surface area (Å²) < 4.78 is 11.6. The summed E-state index contributed by atoms with van der Waals surface area (Å²) >= 11 is 0. The van der Waals surface area contributed by atoms with Crippen molar-refractivity contribution in [3.8, 4) is 0 Å². The van der Waals surface area contributed by atoms with Crippen molar-refractivity contribution in [2.75, 3.05) is 0 Å². The van der Waals surface area contributed by atoms with Crippen LogP contribution in [0.15, 0.2) is 0 Å². The molecule has 5 atom stereocenters. The maximum Gasteiger partial charge on any atom is 0.163 e. The molecule has 1 saturated heterocycles. The lowest BCUT2D eigenvalue weighted by Crippen LogP contribution is -2.36. The van der Waals surface area contributed by atoms with E-state index in [4.69, 9.17) is 9.47 Å². The first-order valence-corrected chi connectivity index (χ1v) is 5.10. The molecule has 0 aromatic carbocycles. The topological polar surface area (TPSA) is 38.7 Å². The molecule has 74 valence electrons. The second kappa shape index (κ2) is 2.27. The van der Waals surface area contributed by atoms with Gasteiger partial charge in [0.25, 0.3) is 0 Å². The van der Waals surface area contributed by atoms with Crippen LogP contribution in [0.1, 0.15) is 26.7 Å². The van der Waals surface area contributed by atoms with Crippen LogP contribution in [0, 0.1) is 11.8 Å². The Kier molecular flexibility index (Phi) is 1.43. The number of hydrogen-bond donors (Lipinski definition) is 1. The zero-order chi connectivity index (χ0) is 9.22. The van der Waals surface area contributed by atoms with Gasteiger partial charge in [0, 0.05) is 5.92 Å². The molecule has 2 saturated carbocycles. The smallest absolute Gasteiger partial charge is 0.163 e. The molecule has 13 heavy (non-hydrogen) atoms. The molecular formula is C10H16O3. The number of hydrogen-bond acceptors (Lipinski definition) is 3. The molecule has 2 bridgehead atoms. The van der Waals surface area contributed by atoms with Crippen LogP contribution in [-0.2, 0) is 9.47 Å². The Morgan fingerprint density at radius 3 is 2.62 bits per heavy atom. The molecule has 0 spiro atoms. The number of aliphatic hydroxyl groups is 1. The monoisotopic (exact) mass is 184 g/mol. The van der Waals surface area contributed by atoms with Crippen LogP contribution in [0.4, 0.5) is 0 Å². The van der Waals surface area contributed by atoms with Crippen LogP contribution < -0.4 is 0 Å². The van der Waals surface area contributed by atoms with Crippen LogP contribution in [0.5, 0.6) is 0 Å². The molecule has 3 aliphatic rings. The normalized spacial score (nSPS) is 57.0. The maximum absolute atomic E-state index is 9.70. The summed E-state index contributed by atoms with van der Waals surface area (Å²) in [6.45, 7) is 3.91. The third-order valence-corrected chi connectivity index (χ3v) is 3.66. The van der Waals surface area contributed by atoms with Crippen LogP contribution in [0.3, 0.4) is 0 Å². The van der Waals surface area contributed by atoms with E-state index >= 15 is 0 Å². The highest BCUT2D eigenvalue weighted by Gasteiger charge is 2.59. The Balaban J connectivity index is 1.87. The van der Waals surface area contributed by atoms with E-state index in [1.165, 1.54) is 0 Å². The highest BCUT2D eigenvalue weighted by molar-refractivity contribution is 5.06. The number of ether oxygens (including phenoxy) is 2. The van der Waals surface area contributed by atoms with Crippen molar-refractivity contribution in [3.05, 3.63) is 0 Å². The Hall–Kier alpha value is -0.120. The van der Waals surface area contributed by atoms with Gasteiger partial charge in [-0.3, -0.25) is 0 Å². The first kappa shape index (κ1) is 8.21. The second-order valence-corrected chi connectivity index (χ2v) is 5.03. The molecule has 3 nitrogen and oxygen atoms in total. The van der Waals surface area contributed by atoms with Gasteiger partial charge in [0.15, 0.2) is 5.79 Å². The van der Waals surface area contributed by atoms with E-state index in [1.54, 1.807) is 0 Å². The van der Waals surface area contributed by atoms with Gasteiger partial charge < -0.3 is 14.6 Å². The van der Waals surface area contributed by atoms with E-state index in [9.17, 15) is 5.11 Å². The molecule has 3 fully saturated rings. The molecule has 1 N–H and O–H groups in total. The van der Waals surface area contributed by atoms with E-state index in [0.29, 0.717) is 11.8 Å². The minimum atomic E-state index is -0.434. The fourth-order valence-electron chi connectivity index (χ4n) is 3.22. The molecule has 0 aromatic heterocycles. The number of rotatable bonds is 0. The molecule has 0 radical (unpaired) electrons. The minimum absolute atomic E-state index is 0.149. The van der Waals surface area contributed by atoms with Crippen molar-refractivity contribution < 1.29 is 14.6 Å². The standard InChI is InChI=1S/C10H16O3/c1-10(2)12-8-5-3-6(7(11)4-5)9(8)13-10/h5-9,11H,3-4H2,1-2H3/t5-,6+,7-,8+,9-/m1/s1. The maximum atomic E-state index is 9.70. The Labute approximate surface area is 78.0 Å². The van der Waals surface area contributed by atoms with E-state index < -0.39 is 5.79 Å². The fraction of sp³-hybridized carbons (Fsp3) is 1.00. The molecule has 0 amide bonds. The van der Waals surface area contributed by atoms with Crippen molar-refractivity contribution in [1.29, 1.82) is 0 Å².